The van der Waals surface area contributed by atoms with Crippen molar-refractivity contribution in [3.63, 3.8) is 0 Å². The molecule has 7 nitrogen and oxygen atoms in total. The Labute approximate surface area is 139 Å². The van der Waals surface area contributed by atoms with Crippen LogP contribution < -0.4 is 4.90 Å². The Bertz CT molecular complexity index is 682. The van der Waals surface area contributed by atoms with Crippen molar-refractivity contribution in [2.75, 3.05) is 11.4 Å². The number of anilines is 1. The third kappa shape index (κ3) is 4.00. The van der Waals surface area contributed by atoms with E-state index < -0.39 is 17.6 Å². The summed E-state index contributed by atoms with van der Waals surface area (Å²) in [6, 6.07) is 3.51. The summed E-state index contributed by atoms with van der Waals surface area (Å²) in [6.07, 6.45) is 2.65. The topological polar surface area (TPSA) is 91.5 Å². The third-order valence-electron chi connectivity index (χ3n) is 3.44. The summed E-state index contributed by atoms with van der Waals surface area (Å²) in [4.78, 5) is 16.6. The fourth-order valence-electron chi connectivity index (χ4n) is 1.87. The van der Waals surface area contributed by atoms with Crippen LogP contribution in [0.1, 0.15) is 20.8 Å². The van der Waals surface area contributed by atoms with Gasteiger partial charge >= 0.3 is 6.09 Å². The van der Waals surface area contributed by atoms with Crippen molar-refractivity contribution < 1.29 is 15.0 Å². The second-order valence-corrected chi connectivity index (χ2v) is 6.59. The Balaban J connectivity index is 2.34. The van der Waals surface area contributed by atoms with E-state index in [0.717, 1.165) is 4.90 Å². The summed E-state index contributed by atoms with van der Waals surface area (Å²) in [5.41, 5.74) is 0.410. The summed E-state index contributed by atoms with van der Waals surface area (Å²) < 4.78 is 1.45. The van der Waals surface area contributed by atoms with Crippen molar-refractivity contribution in [1.29, 1.82) is 0 Å². The van der Waals surface area contributed by atoms with Gasteiger partial charge in [-0.05, 0) is 17.5 Å². The van der Waals surface area contributed by atoms with Crippen LogP contribution >= 0.6 is 11.6 Å². The Morgan fingerprint density at radius 2 is 2.17 bits per heavy atom. The van der Waals surface area contributed by atoms with Gasteiger partial charge in [0.1, 0.15) is 5.69 Å². The minimum Gasteiger partial charge on any atom is -0.465 e. The predicted molar refractivity (Wildman–Crippen MR) is 87.2 cm³/mol. The lowest BCUT2D eigenvalue weighted by Gasteiger charge is -2.29. The van der Waals surface area contributed by atoms with Gasteiger partial charge in [-0.2, -0.15) is 5.10 Å². The number of hydrogen-bond donors (Lipinski definition) is 2. The monoisotopic (exact) mass is 338 g/mol. The number of nitrogens with zero attached hydrogens (tertiary/aromatic N) is 4. The molecule has 8 heteroatoms. The zero-order valence-electron chi connectivity index (χ0n) is 13.1. The predicted octanol–water partition coefficient (Wildman–Crippen LogP) is 2.81. The van der Waals surface area contributed by atoms with E-state index in [1.54, 1.807) is 24.5 Å². The van der Waals surface area contributed by atoms with Crippen molar-refractivity contribution >= 4 is 23.4 Å². The molecule has 23 heavy (non-hydrogen) atoms. The maximum absolute atomic E-state index is 11.6. The first kappa shape index (κ1) is 17.2. The van der Waals surface area contributed by atoms with Crippen molar-refractivity contribution in [2.45, 2.75) is 26.9 Å². The van der Waals surface area contributed by atoms with Crippen LogP contribution in [-0.4, -0.2) is 43.7 Å². The average molecular weight is 339 g/mol. The summed E-state index contributed by atoms with van der Waals surface area (Å²) in [7, 11) is 0. The molecule has 0 fully saturated rings. The lowest BCUT2D eigenvalue weighted by Crippen LogP contribution is -2.42. The lowest BCUT2D eigenvalue weighted by atomic mass is 9.89. The number of rotatable bonds is 4. The van der Waals surface area contributed by atoms with E-state index in [2.05, 4.69) is 10.1 Å². The summed E-state index contributed by atoms with van der Waals surface area (Å²) in [5, 5.41) is 23.8. The molecular formula is C15H19ClN4O3. The van der Waals surface area contributed by atoms with Crippen molar-refractivity contribution in [1.82, 2.24) is 14.8 Å². The molecular weight excluding hydrogens is 320 g/mol. The van der Waals surface area contributed by atoms with E-state index in [9.17, 15) is 15.0 Å². The van der Waals surface area contributed by atoms with Gasteiger partial charge in [-0.15, -0.1) is 0 Å². The van der Waals surface area contributed by atoms with Gasteiger partial charge in [0.05, 0.1) is 30.7 Å². The number of amides is 1. The van der Waals surface area contributed by atoms with Crippen molar-refractivity contribution in [3.05, 3.63) is 35.9 Å². The number of carbonyl (C=O) groups is 1. The molecule has 0 saturated heterocycles. The molecule has 0 spiro atoms. The van der Waals surface area contributed by atoms with E-state index in [4.69, 9.17) is 11.6 Å². The Morgan fingerprint density at radius 3 is 2.70 bits per heavy atom. The first-order valence-corrected chi connectivity index (χ1v) is 7.42. The first-order chi connectivity index (χ1) is 10.7. The largest absolute Gasteiger partial charge is 0.465 e. The molecule has 2 aromatic heterocycles. The van der Waals surface area contributed by atoms with Gasteiger partial charge in [0.15, 0.2) is 5.15 Å². The standard InChI is InChI=1S/C15H19ClN4O3/c1-15(2,3)12(21)9-19(14(22)23)11-8-20(18-13(11)16)10-5-4-6-17-7-10/h4-8,12,21H,9H2,1-3H3,(H,22,23). The molecule has 0 radical (unpaired) electrons. The smallest absolute Gasteiger partial charge is 0.412 e. The molecule has 1 unspecified atom stereocenters. The number of hydrogen-bond acceptors (Lipinski definition) is 4. The zero-order valence-corrected chi connectivity index (χ0v) is 13.9. The maximum Gasteiger partial charge on any atom is 0.412 e. The number of halogens is 1. The highest BCUT2D eigenvalue weighted by Crippen LogP contribution is 2.28. The van der Waals surface area contributed by atoms with Gasteiger partial charge in [-0.3, -0.25) is 9.88 Å². The molecule has 0 aliphatic heterocycles. The number of aliphatic hydroxyl groups excluding tert-OH is 1. The molecule has 2 aromatic rings. The molecule has 2 heterocycles. The second-order valence-electron chi connectivity index (χ2n) is 6.24. The Kier molecular flexibility index (Phi) is 4.91. The fraction of sp³-hybridized carbons (Fsp3) is 0.400. The van der Waals surface area contributed by atoms with Crippen LogP contribution in [0.3, 0.4) is 0 Å². The molecule has 1 atom stereocenters. The number of carboxylic acid groups (broad SMARTS) is 1. The van der Waals surface area contributed by atoms with Crippen LogP contribution in [0.15, 0.2) is 30.7 Å². The average Bonchev–Trinajstić information content (AvgIpc) is 2.86. The van der Waals surface area contributed by atoms with Crippen LogP contribution in [0, 0.1) is 5.41 Å². The molecule has 0 saturated carbocycles. The van der Waals surface area contributed by atoms with Crippen LogP contribution in [0.5, 0.6) is 0 Å². The Morgan fingerprint density at radius 1 is 1.48 bits per heavy atom. The zero-order chi connectivity index (χ0) is 17.2. The number of pyridine rings is 1. The van der Waals surface area contributed by atoms with Crippen molar-refractivity contribution in [2.24, 2.45) is 5.41 Å². The highest BCUT2D eigenvalue weighted by atomic mass is 35.5. The molecule has 1 amide bonds. The molecule has 0 bridgehead atoms. The molecule has 0 aliphatic rings. The van der Waals surface area contributed by atoms with E-state index in [0.29, 0.717) is 5.69 Å². The van der Waals surface area contributed by atoms with Gasteiger partial charge in [0.2, 0.25) is 0 Å². The van der Waals surface area contributed by atoms with Gasteiger partial charge in [0.25, 0.3) is 0 Å². The second kappa shape index (κ2) is 6.55. The Hall–Kier alpha value is -2.12. The summed E-state index contributed by atoms with van der Waals surface area (Å²) in [6.45, 7) is 5.40. The van der Waals surface area contributed by atoms with Gasteiger partial charge in [-0.25, -0.2) is 9.48 Å². The van der Waals surface area contributed by atoms with E-state index in [1.807, 2.05) is 20.8 Å². The maximum atomic E-state index is 11.6. The SMILES string of the molecule is CC(C)(C)C(O)CN(C(=O)O)c1cn(-c2cccnc2)nc1Cl. The quantitative estimate of drug-likeness (QED) is 0.894. The highest BCUT2D eigenvalue weighted by molar-refractivity contribution is 6.32. The minimum absolute atomic E-state index is 0.0392. The number of aromatic nitrogens is 3. The highest BCUT2D eigenvalue weighted by Gasteiger charge is 2.29. The molecule has 0 aliphatic carbocycles. The molecule has 2 N–H and O–H groups in total. The van der Waals surface area contributed by atoms with Crippen LogP contribution in [0.25, 0.3) is 5.69 Å². The first-order valence-electron chi connectivity index (χ1n) is 7.04. The summed E-state index contributed by atoms with van der Waals surface area (Å²) >= 11 is 6.09. The van der Waals surface area contributed by atoms with E-state index >= 15 is 0 Å². The molecule has 0 aromatic carbocycles. The van der Waals surface area contributed by atoms with Gasteiger partial charge < -0.3 is 10.2 Å². The van der Waals surface area contributed by atoms with Crippen LogP contribution in [-0.2, 0) is 0 Å². The molecule has 124 valence electrons. The van der Waals surface area contributed by atoms with Crippen LogP contribution in [0.2, 0.25) is 5.15 Å². The van der Waals surface area contributed by atoms with E-state index in [-0.39, 0.29) is 17.4 Å². The van der Waals surface area contributed by atoms with E-state index in [1.165, 1.54) is 10.9 Å². The van der Waals surface area contributed by atoms with Gasteiger partial charge in [0, 0.05) is 6.20 Å². The van der Waals surface area contributed by atoms with Crippen molar-refractivity contribution in [3.8, 4) is 5.69 Å². The molecule has 2 rings (SSSR count). The third-order valence-corrected chi connectivity index (χ3v) is 3.71. The minimum atomic E-state index is -1.21. The van der Waals surface area contributed by atoms with Gasteiger partial charge in [-0.1, -0.05) is 32.4 Å². The van der Waals surface area contributed by atoms with Crippen LogP contribution in [0.4, 0.5) is 10.5 Å². The lowest BCUT2D eigenvalue weighted by molar-refractivity contribution is 0.0685. The number of aliphatic hydroxyl groups is 1. The normalized spacial score (nSPS) is 12.9. The fourth-order valence-corrected chi connectivity index (χ4v) is 2.10. The summed E-state index contributed by atoms with van der Waals surface area (Å²) in [5.74, 6) is 0.